The van der Waals surface area contributed by atoms with Gasteiger partial charge in [-0.1, -0.05) is 29.8 Å². The molecule has 132 valence electrons. The van der Waals surface area contributed by atoms with Gasteiger partial charge in [-0.05, 0) is 31.9 Å². The van der Waals surface area contributed by atoms with Crippen LogP contribution >= 0.6 is 0 Å². The second-order valence-corrected chi connectivity index (χ2v) is 6.48. The monoisotopic (exact) mass is 342 g/mol. The van der Waals surface area contributed by atoms with Crippen molar-refractivity contribution >= 4 is 11.8 Å². The molecule has 1 aromatic carbocycles. The maximum atomic E-state index is 12.6. The number of benzene rings is 1. The number of nitrogens with zero attached hydrogens (tertiary/aromatic N) is 5. The van der Waals surface area contributed by atoms with Crippen LogP contribution in [0, 0.1) is 12.8 Å². The Bertz CT molecular complexity index is 762. The minimum absolute atomic E-state index is 0.0734. The summed E-state index contributed by atoms with van der Waals surface area (Å²) >= 11 is 0. The normalized spacial score (nSPS) is 16.6. The van der Waals surface area contributed by atoms with Gasteiger partial charge < -0.3 is 10.6 Å². The number of hydrogen-bond donors (Lipinski definition) is 1. The third-order valence-electron chi connectivity index (χ3n) is 4.65. The van der Waals surface area contributed by atoms with Crippen LogP contribution in [0.25, 0.3) is 11.4 Å². The summed E-state index contributed by atoms with van der Waals surface area (Å²) < 4.78 is 0. The van der Waals surface area contributed by atoms with E-state index in [1.807, 2.05) is 31.2 Å². The Morgan fingerprint density at radius 1 is 1.20 bits per heavy atom. The molecule has 25 heavy (non-hydrogen) atoms. The van der Waals surface area contributed by atoms with E-state index in [0.29, 0.717) is 31.8 Å². The van der Waals surface area contributed by atoms with Crippen LogP contribution in [0.2, 0.25) is 0 Å². The molecule has 1 saturated heterocycles. The molecule has 3 rings (SSSR count). The van der Waals surface area contributed by atoms with Gasteiger partial charge in [0.15, 0.2) is 0 Å². The highest BCUT2D eigenvalue weighted by Crippen LogP contribution is 2.20. The molecule has 0 aliphatic carbocycles. The van der Waals surface area contributed by atoms with E-state index in [-0.39, 0.29) is 17.7 Å². The Morgan fingerprint density at radius 3 is 2.44 bits per heavy atom. The van der Waals surface area contributed by atoms with E-state index in [1.54, 1.807) is 11.8 Å². The standard InChI is InChI=1S/C17H22N6O2/c1-11-3-5-14(6-4-11)16-19-21-23(20-16)12(2)17(25)22-9-7-13(8-10-22)15(18)24/h3-6,12-13H,7-10H2,1-2H3,(H2,18,24). The number of tetrazole rings is 1. The van der Waals surface area contributed by atoms with Crippen molar-refractivity contribution in [3.8, 4) is 11.4 Å². The fraction of sp³-hybridized carbons (Fsp3) is 0.471. The lowest BCUT2D eigenvalue weighted by molar-refractivity contribution is -0.138. The van der Waals surface area contributed by atoms with Gasteiger partial charge in [0, 0.05) is 24.6 Å². The number of amides is 2. The van der Waals surface area contributed by atoms with Crippen molar-refractivity contribution in [2.45, 2.75) is 32.7 Å². The van der Waals surface area contributed by atoms with E-state index < -0.39 is 6.04 Å². The van der Waals surface area contributed by atoms with Crippen LogP contribution in [0.3, 0.4) is 0 Å². The number of carbonyl (C=O) groups excluding carboxylic acids is 2. The maximum absolute atomic E-state index is 12.6. The number of carbonyl (C=O) groups is 2. The van der Waals surface area contributed by atoms with Crippen molar-refractivity contribution in [3.63, 3.8) is 0 Å². The lowest BCUT2D eigenvalue weighted by Gasteiger charge is -2.31. The molecule has 1 unspecified atom stereocenters. The molecule has 1 fully saturated rings. The average Bonchev–Trinajstić information content (AvgIpc) is 3.11. The quantitative estimate of drug-likeness (QED) is 0.889. The second-order valence-electron chi connectivity index (χ2n) is 6.48. The van der Waals surface area contributed by atoms with Crippen molar-refractivity contribution in [2.24, 2.45) is 11.7 Å². The van der Waals surface area contributed by atoms with Gasteiger partial charge in [-0.15, -0.1) is 10.2 Å². The third kappa shape index (κ3) is 3.67. The SMILES string of the molecule is Cc1ccc(-c2nnn(C(C)C(=O)N3CCC(C(N)=O)CC3)n2)cc1. The summed E-state index contributed by atoms with van der Waals surface area (Å²) in [7, 11) is 0. The van der Waals surface area contributed by atoms with Crippen LogP contribution in [0.1, 0.15) is 31.4 Å². The molecule has 1 atom stereocenters. The second kappa shape index (κ2) is 7.00. The van der Waals surface area contributed by atoms with Crippen LogP contribution in [-0.2, 0) is 9.59 Å². The van der Waals surface area contributed by atoms with Crippen LogP contribution in [0.5, 0.6) is 0 Å². The largest absolute Gasteiger partial charge is 0.369 e. The molecule has 8 nitrogen and oxygen atoms in total. The zero-order valence-electron chi connectivity index (χ0n) is 14.4. The van der Waals surface area contributed by atoms with Crippen molar-refractivity contribution in [2.75, 3.05) is 13.1 Å². The Morgan fingerprint density at radius 2 is 1.84 bits per heavy atom. The number of hydrogen-bond acceptors (Lipinski definition) is 5. The molecule has 2 amide bonds. The predicted molar refractivity (Wildman–Crippen MR) is 91.2 cm³/mol. The zero-order valence-corrected chi connectivity index (χ0v) is 14.4. The van der Waals surface area contributed by atoms with Crippen molar-refractivity contribution in [1.82, 2.24) is 25.1 Å². The van der Waals surface area contributed by atoms with Gasteiger partial charge in [0.1, 0.15) is 6.04 Å². The molecule has 1 aliphatic heterocycles. The lowest BCUT2D eigenvalue weighted by atomic mass is 9.96. The van der Waals surface area contributed by atoms with Crippen LogP contribution in [0.4, 0.5) is 0 Å². The summed E-state index contributed by atoms with van der Waals surface area (Å²) in [4.78, 5) is 27.0. The molecule has 0 bridgehead atoms. The smallest absolute Gasteiger partial charge is 0.249 e. The summed E-state index contributed by atoms with van der Waals surface area (Å²) in [6.45, 7) is 4.81. The van der Waals surface area contributed by atoms with E-state index in [2.05, 4.69) is 15.4 Å². The Hall–Kier alpha value is -2.77. The minimum Gasteiger partial charge on any atom is -0.369 e. The molecular formula is C17H22N6O2. The first kappa shape index (κ1) is 17.1. The number of nitrogens with two attached hydrogens (primary N) is 1. The Balaban J connectivity index is 1.67. The molecule has 2 heterocycles. The summed E-state index contributed by atoms with van der Waals surface area (Å²) in [5, 5.41) is 12.4. The lowest BCUT2D eigenvalue weighted by Crippen LogP contribution is -2.44. The van der Waals surface area contributed by atoms with Gasteiger partial charge in [0.05, 0.1) is 0 Å². The predicted octanol–water partition coefficient (Wildman–Crippen LogP) is 0.933. The van der Waals surface area contributed by atoms with Crippen LogP contribution in [-0.4, -0.2) is 50.0 Å². The van der Waals surface area contributed by atoms with E-state index in [4.69, 9.17) is 5.73 Å². The fourth-order valence-corrected chi connectivity index (χ4v) is 2.95. The van der Waals surface area contributed by atoms with E-state index in [0.717, 1.165) is 11.1 Å². The van der Waals surface area contributed by atoms with E-state index in [1.165, 1.54) is 4.80 Å². The van der Waals surface area contributed by atoms with Gasteiger partial charge >= 0.3 is 0 Å². The zero-order chi connectivity index (χ0) is 18.0. The van der Waals surface area contributed by atoms with Crippen LogP contribution in [0.15, 0.2) is 24.3 Å². The summed E-state index contributed by atoms with van der Waals surface area (Å²) in [5.41, 5.74) is 7.34. The topological polar surface area (TPSA) is 107 Å². The van der Waals surface area contributed by atoms with Crippen molar-refractivity contribution < 1.29 is 9.59 Å². The van der Waals surface area contributed by atoms with Gasteiger partial charge in [0.25, 0.3) is 0 Å². The number of primary amides is 1. The van der Waals surface area contributed by atoms with Gasteiger partial charge in [-0.25, -0.2) is 0 Å². The number of aromatic nitrogens is 4. The van der Waals surface area contributed by atoms with Crippen LogP contribution < -0.4 is 5.73 Å². The van der Waals surface area contributed by atoms with Gasteiger partial charge in [-0.2, -0.15) is 4.80 Å². The van der Waals surface area contributed by atoms with Crippen molar-refractivity contribution in [1.29, 1.82) is 0 Å². The molecule has 1 aromatic heterocycles. The summed E-state index contributed by atoms with van der Waals surface area (Å²) in [6.07, 6.45) is 1.21. The highest BCUT2D eigenvalue weighted by molar-refractivity contribution is 5.81. The van der Waals surface area contributed by atoms with Crippen molar-refractivity contribution in [3.05, 3.63) is 29.8 Å². The summed E-state index contributed by atoms with van der Waals surface area (Å²) in [5.74, 6) is -0.0133. The first-order valence-electron chi connectivity index (χ1n) is 8.40. The first-order valence-corrected chi connectivity index (χ1v) is 8.40. The number of rotatable bonds is 4. The number of aryl methyl sites for hydroxylation is 1. The molecular weight excluding hydrogens is 320 g/mol. The van der Waals surface area contributed by atoms with E-state index in [9.17, 15) is 9.59 Å². The molecule has 1 aliphatic rings. The fourth-order valence-electron chi connectivity index (χ4n) is 2.95. The average molecular weight is 342 g/mol. The molecule has 0 saturated carbocycles. The number of likely N-dealkylation sites (tertiary alicyclic amines) is 1. The first-order chi connectivity index (χ1) is 12.0. The highest BCUT2D eigenvalue weighted by atomic mass is 16.2. The summed E-state index contributed by atoms with van der Waals surface area (Å²) in [6, 6.07) is 7.27. The minimum atomic E-state index is -0.545. The van der Waals surface area contributed by atoms with Gasteiger partial charge in [-0.3, -0.25) is 9.59 Å². The molecule has 0 spiro atoms. The highest BCUT2D eigenvalue weighted by Gasteiger charge is 2.30. The molecule has 2 N–H and O–H groups in total. The number of piperidine rings is 1. The molecule has 8 heteroatoms. The third-order valence-corrected chi connectivity index (χ3v) is 4.65. The van der Waals surface area contributed by atoms with Gasteiger partial charge in [0.2, 0.25) is 17.6 Å². The molecule has 2 aromatic rings. The maximum Gasteiger partial charge on any atom is 0.249 e. The Kier molecular flexibility index (Phi) is 4.78. The Labute approximate surface area is 146 Å². The molecule has 0 radical (unpaired) electrons. The van der Waals surface area contributed by atoms with E-state index >= 15 is 0 Å².